The van der Waals surface area contributed by atoms with E-state index in [1.54, 1.807) is 23.0 Å². The van der Waals surface area contributed by atoms with Crippen molar-refractivity contribution in [2.45, 2.75) is 6.92 Å². The minimum Gasteiger partial charge on any atom is -0.370 e. The Hall–Kier alpha value is -2.01. The molecule has 4 nitrogen and oxygen atoms in total. The number of rotatable bonds is 3. The summed E-state index contributed by atoms with van der Waals surface area (Å²) >= 11 is 1.55. The second-order valence-electron chi connectivity index (χ2n) is 3.81. The molecule has 0 aliphatic carbocycles. The number of fused-ring (bicyclic) bond motifs is 1. The Kier molecular flexibility index (Phi) is 2.90. The third-order valence-electron chi connectivity index (χ3n) is 2.60. The van der Waals surface area contributed by atoms with Crippen LogP contribution in [0.1, 0.15) is 6.92 Å². The summed E-state index contributed by atoms with van der Waals surface area (Å²) in [5, 5.41) is 4.33. The second kappa shape index (κ2) is 4.70. The van der Waals surface area contributed by atoms with Gasteiger partial charge in [-0.05, 0) is 19.1 Å². The Bertz CT molecular complexity index is 664. The summed E-state index contributed by atoms with van der Waals surface area (Å²) in [6, 6.07) is 8.02. The molecule has 1 N–H and O–H groups in total. The summed E-state index contributed by atoms with van der Waals surface area (Å²) in [4.78, 5) is 14.2. The summed E-state index contributed by atoms with van der Waals surface area (Å²) < 4.78 is 0. The first-order valence-corrected chi connectivity index (χ1v) is 6.66. The van der Waals surface area contributed by atoms with Crippen molar-refractivity contribution in [3.05, 3.63) is 36.0 Å². The van der Waals surface area contributed by atoms with Crippen LogP contribution in [-0.2, 0) is 0 Å². The number of thiazole rings is 1. The topological polar surface area (TPSA) is 50.7 Å². The van der Waals surface area contributed by atoms with Crippen molar-refractivity contribution in [2.24, 2.45) is 0 Å². The number of para-hydroxylation sites is 1. The van der Waals surface area contributed by atoms with Gasteiger partial charge in [0, 0.05) is 18.1 Å². The van der Waals surface area contributed by atoms with E-state index >= 15 is 0 Å². The van der Waals surface area contributed by atoms with E-state index in [4.69, 9.17) is 0 Å². The zero-order valence-corrected chi connectivity index (χ0v) is 10.7. The van der Waals surface area contributed by atoms with Crippen LogP contribution >= 0.6 is 11.3 Å². The van der Waals surface area contributed by atoms with Crippen molar-refractivity contribution < 1.29 is 0 Å². The Morgan fingerprint density at radius 1 is 1.22 bits per heavy atom. The molecule has 0 bridgehead atoms. The highest BCUT2D eigenvalue weighted by Gasteiger charge is 2.09. The second-order valence-corrected chi connectivity index (χ2v) is 4.70. The molecule has 2 heterocycles. The van der Waals surface area contributed by atoms with Crippen LogP contribution in [0.3, 0.4) is 0 Å². The summed E-state index contributed by atoms with van der Waals surface area (Å²) in [7, 11) is 0. The molecular formula is C13H12N4S. The summed E-state index contributed by atoms with van der Waals surface area (Å²) in [6.45, 7) is 2.90. The van der Waals surface area contributed by atoms with Gasteiger partial charge in [0.1, 0.15) is 5.82 Å². The number of hydrogen-bond acceptors (Lipinski definition) is 5. The van der Waals surface area contributed by atoms with E-state index in [-0.39, 0.29) is 0 Å². The first-order chi connectivity index (χ1) is 8.88. The zero-order chi connectivity index (χ0) is 12.4. The fraction of sp³-hybridized carbons (Fsp3) is 0.154. The van der Waals surface area contributed by atoms with Gasteiger partial charge in [0.25, 0.3) is 0 Å². The summed E-state index contributed by atoms with van der Waals surface area (Å²) in [5.41, 5.74) is 2.74. The minimum absolute atomic E-state index is 0.729. The van der Waals surface area contributed by atoms with Crippen LogP contribution in [0.4, 0.5) is 5.82 Å². The number of anilines is 1. The predicted molar refractivity (Wildman–Crippen MR) is 74.8 cm³/mol. The van der Waals surface area contributed by atoms with Crippen molar-refractivity contribution in [1.29, 1.82) is 0 Å². The maximum atomic E-state index is 4.58. The van der Waals surface area contributed by atoms with Crippen molar-refractivity contribution in [3.8, 4) is 10.7 Å². The molecule has 0 saturated carbocycles. The SMILES string of the molecule is CCNc1nc(-c2cncs2)nc2ccccc12. The Balaban J connectivity index is 2.23. The quantitative estimate of drug-likeness (QED) is 0.782. The largest absolute Gasteiger partial charge is 0.370 e. The molecule has 18 heavy (non-hydrogen) atoms. The highest BCUT2D eigenvalue weighted by atomic mass is 32.1. The number of nitrogens with one attached hydrogen (secondary N) is 1. The lowest BCUT2D eigenvalue weighted by molar-refractivity contribution is 1.15. The third-order valence-corrected chi connectivity index (χ3v) is 3.37. The van der Waals surface area contributed by atoms with Gasteiger partial charge >= 0.3 is 0 Å². The predicted octanol–water partition coefficient (Wildman–Crippen LogP) is 3.19. The molecule has 2 aromatic heterocycles. The van der Waals surface area contributed by atoms with Gasteiger partial charge in [0.05, 0.1) is 15.9 Å². The first kappa shape index (κ1) is 11.1. The van der Waals surface area contributed by atoms with Crippen LogP contribution in [0.15, 0.2) is 36.0 Å². The number of benzene rings is 1. The van der Waals surface area contributed by atoms with Crippen LogP contribution in [0.5, 0.6) is 0 Å². The van der Waals surface area contributed by atoms with Crippen molar-refractivity contribution in [3.63, 3.8) is 0 Å². The normalized spacial score (nSPS) is 10.7. The maximum Gasteiger partial charge on any atom is 0.173 e. The monoisotopic (exact) mass is 256 g/mol. The van der Waals surface area contributed by atoms with E-state index in [1.807, 2.05) is 24.3 Å². The average Bonchev–Trinajstić information content (AvgIpc) is 2.93. The van der Waals surface area contributed by atoms with Crippen LogP contribution in [0, 0.1) is 0 Å². The van der Waals surface area contributed by atoms with Gasteiger partial charge in [-0.25, -0.2) is 9.97 Å². The molecule has 0 fully saturated rings. The van der Waals surface area contributed by atoms with Crippen LogP contribution in [-0.4, -0.2) is 21.5 Å². The molecule has 0 radical (unpaired) electrons. The number of aromatic nitrogens is 3. The number of nitrogens with zero attached hydrogens (tertiary/aromatic N) is 3. The molecule has 0 amide bonds. The molecule has 3 rings (SSSR count). The van der Waals surface area contributed by atoms with Gasteiger partial charge in [-0.15, -0.1) is 11.3 Å². The average molecular weight is 256 g/mol. The minimum atomic E-state index is 0.729. The Morgan fingerprint density at radius 2 is 2.11 bits per heavy atom. The molecule has 0 spiro atoms. The molecule has 0 aliphatic rings. The molecule has 5 heteroatoms. The number of hydrogen-bond donors (Lipinski definition) is 1. The van der Waals surface area contributed by atoms with E-state index in [2.05, 4.69) is 27.2 Å². The highest BCUT2D eigenvalue weighted by Crippen LogP contribution is 2.26. The summed E-state index contributed by atoms with van der Waals surface area (Å²) in [5.74, 6) is 1.61. The molecule has 3 aromatic rings. The molecular weight excluding hydrogens is 244 g/mol. The zero-order valence-electron chi connectivity index (χ0n) is 9.92. The van der Waals surface area contributed by atoms with Crippen LogP contribution in [0.2, 0.25) is 0 Å². The summed E-state index contributed by atoms with van der Waals surface area (Å²) in [6.07, 6.45) is 1.80. The lowest BCUT2D eigenvalue weighted by Gasteiger charge is -2.08. The van der Waals surface area contributed by atoms with Crippen LogP contribution in [0.25, 0.3) is 21.6 Å². The molecule has 90 valence electrons. The maximum absolute atomic E-state index is 4.58. The molecule has 1 aromatic carbocycles. The van der Waals surface area contributed by atoms with Gasteiger partial charge in [-0.3, -0.25) is 4.98 Å². The highest BCUT2D eigenvalue weighted by molar-refractivity contribution is 7.13. The Morgan fingerprint density at radius 3 is 2.89 bits per heavy atom. The van der Waals surface area contributed by atoms with Gasteiger partial charge in [0.15, 0.2) is 5.82 Å². The molecule has 0 saturated heterocycles. The van der Waals surface area contributed by atoms with Gasteiger partial charge in [-0.2, -0.15) is 0 Å². The van der Waals surface area contributed by atoms with Crippen molar-refractivity contribution in [1.82, 2.24) is 15.0 Å². The smallest absolute Gasteiger partial charge is 0.173 e. The molecule has 0 unspecified atom stereocenters. The van der Waals surface area contributed by atoms with E-state index < -0.39 is 0 Å². The van der Waals surface area contributed by atoms with Gasteiger partial charge < -0.3 is 5.32 Å². The first-order valence-electron chi connectivity index (χ1n) is 5.78. The fourth-order valence-electron chi connectivity index (χ4n) is 1.82. The molecule has 0 atom stereocenters. The standard InChI is InChI=1S/C13H12N4S/c1-2-15-12-9-5-3-4-6-10(9)16-13(17-12)11-7-14-8-18-11/h3-8H,2H2,1H3,(H,15,16,17). The van der Waals surface area contributed by atoms with Gasteiger partial charge in [0.2, 0.25) is 0 Å². The van der Waals surface area contributed by atoms with E-state index in [0.29, 0.717) is 0 Å². The molecule has 0 aliphatic heterocycles. The van der Waals surface area contributed by atoms with Crippen LogP contribution < -0.4 is 5.32 Å². The van der Waals surface area contributed by atoms with Crippen molar-refractivity contribution >= 4 is 28.1 Å². The lowest BCUT2D eigenvalue weighted by Crippen LogP contribution is -2.02. The third kappa shape index (κ3) is 1.93. The Labute approximate surface area is 109 Å². The van der Waals surface area contributed by atoms with Gasteiger partial charge in [-0.1, -0.05) is 12.1 Å². The van der Waals surface area contributed by atoms with E-state index in [0.717, 1.165) is 34.0 Å². The lowest BCUT2D eigenvalue weighted by atomic mass is 10.2. The fourth-order valence-corrected chi connectivity index (χ4v) is 2.37. The van der Waals surface area contributed by atoms with Crippen molar-refractivity contribution in [2.75, 3.05) is 11.9 Å². The van der Waals surface area contributed by atoms with E-state index in [9.17, 15) is 0 Å². The van der Waals surface area contributed by atoms with E-state index in [1.165, 1.54) is 0 Å².